The molecule has 0 aliphatic heterocycles. The Morgan fingerprint density at radius 1 is 0.815 bits per heavy atom. The zero-order chi connectivity index (χ0) is 19.2. The Morgan fingerprint density at radius 3 is 2.26 bits per heavy atom. The summed E-state index contributed by atoms with van der Waals surface area (Å²) < 4.78 is 34.7. The monoisotopic (exact) mass is 366 g/mol. The minimum atomic E-state index is -0.334. The molecule has 0 unspecified atom stereocenters. The summed E-state index contributed by atoms with van der Waals surface area (Å²) in [6.45, 7) is 4.72. The molecule has 0 atom stereocenters. The third-order valence-corrected chi connectivity index (χ3v) is 4.49. The molecule has 3 heteroatoms. The van der Waals surface area contributed by atoms with Gasteiger partial charge in [0.2, 0.25) is 0 Å². The number of halogens is 2. The van der Waals surface area contributed by atoms with Gasteiger partial charge in [-0.1, -0.05) is 56.7 Å². The van der Waals surface area contributed by atoms with E-state index in [9.17, 15) is 4.39 Å². The molecule has 0 aromatic heterocycles. The van der Waals surface area contributed by atoms with Crippen molar-refractivity contribution in [2.45, 2.75) is 33.1 Å². The fourth-order valence-corrected chi connectivity index (χ4v) is 3.20. The fraction of sp³-hybridized carbons (Fsp3) is 0.250. The molecule has 3 rings (SSSR count). The quantitative estimate of drug-likeness (QED) is 0.436. The average Bonchev–Trinajstić information content (AvgIpc) is 2.68. The second-order valence-corrected chi connectivity index (χ2v) is 6.59. The van der Waals surface area contributed by atoms with Crippen molar-refractivity contribution in [2.75, 3.05) is 6.61 Å². The van der Waals surface area contributed by atoms with E-state index in [2.05, 4.69) is 0 Å². The van der Waals surface area contributed by atoms with Gasteiger partial charge < -0.3 is 4.74 Å². The third-order valence-electron chi connectivity index (χ3n) is 4.49. The molecular formula is C24H24F2O. The minimum absolute atomic E-state index is 0.235. The van der Waals surface area contributed by atoms with Gasteiger partial charge in [0.25, 0.3) is 0 Å². The minimum Gasteiger partial charge on any atom is -0.494 e. The van der Waals surface area contributed by atoms with Crippen molar-refractivity contribution >= 4 is 0 Å². The normalized spacial score (nSPS) is 10.8. The molecule has 0 aliphatic carbocycles. The van der Waals surface area contributed by atoms with E-state index in [-0.39, 0.29) is 11.6 Å². The van der Waals surface area contributed by atoms with E-state index in [0.29, 0.717) is 35.3 Å². The Bertz CT molecular complexity index is 901. The molecule has 0 radical (unpaired) electrons. The number of aryl methyl sites for hydroxylation is 1. The number of benzene rings is 3. The first-order valence-electron chi connectivity index (χ1n) is 9.44. The molecule has 27 heavy (non-hydrogen) atoms. The van der Waals surface area contributed by atoms with E-state index in [1.165, 1.54) is 12.1 Å². The largest absolute Gasteiger partial charge is 0.494 e. The first kappa shape index (κ1) is 19.1. The van der Waals surface area contributed by atoms with Gasteiger partial charge in [0.1, 0.15) is 17.4 Å². The lowest BCUT2D eigenvalue weighted by Gasteiger charge is -2.15. The summed E-state index contributed by atoms with van der Waals surface area (Å²) in [5, 5.41) is 0. The van der Waals surface area contributed by atoms with E-state index < -0.39 is 0 Å². The van der Waals surface area contributed by atoms with Gasteiger partial charge >= 0.3 is 0 Å². The summed E-state index contributed by atoms with van der Waals surface area (Å²) in [4.78, 5) is 0. The van der Waals surface area contributed by atoms with Crippen LogP contribution in [0.25, 0.3) is 22.3 Å². The first-order chi connectivity index (χ1) is 13.1. The maximum atomic E-state index is 15.4. The Morgan fingerprint density at radius 2 is 1.59 bits per heavy atom. The Hall–Kier alpha value is -2.68. The predicted octanol–water partition coefficient (Wildman–Crippen LogP) is 7.04. The number of ether oxygens (including phenoxy) is 1. The zero-order valence-corrected chi connectivity index (χ0v) is 15.8. The second-order valence-electron chi connectivity index (χ2n) is 6.59. The van der Waals surface area contributed by atoms with Crippen molar-refractivity contribution in [2.24, 2.45) is 0 Å². The summed E-state index contributed by atoms with van der Waals surface area (Å²) in [5.41, 5.74) is 3.30. The molecule has 0 aliphatic rings. The number of hydrogen-bond donors (Lipinski definition) is 0. The molecular weight excluding hydrogens is 342 g/mol. The lowest BCUT2D eigenvalue weighted by Crippen LogP contribution is -1.98. The standard InChI is InChI=1S/C24H24F2O/c1-3-6-18-11-14-22(19-7-5-8-20(25)16-19)23(24(18)26)17-9-12-21(13-10-17)27-15-4-2/h5,7-14,16H,3-4,6,15H2,1-2H3. The van der Waals surface area contributed by atoms with Gasteiger partial charge in [-0.2, -0.15) is 0 Å². The van der Waals surface area contributed by atoms with Gasteiger partial charge in [0, 0.05) is 5.56 Å². The molecule has 0 heterocycles. The van der Waals surface area contributed by atoms with Crippen molar-refractivity contribution in [3.05, 3.63) is 77.9 Å². The van der Waals surface area contributed by atoms with E-state index in [1.807, 2.05) is 44.2 Å². The maximum absolute atomic E-state index is 15.4. The number of rotatable bonds is 7. The Labute approximate surface area is 159 Å². The van der Waals surface area contributed by atoms with Gasteiger partial charge in [0.05, 0.1) is 6.61 Å². The van der Waals surface area contributed by atoms with Gasteiger partial charge in [-0.15, -0.1) is 0 Å². The predicted molar refractivity (Wildman–Crippen MR) is 107 cm³/mol. The van der Waals surface area contributed by atoms with Crippen LogP contribution in [-0.4, -0.2) is 6.61 Å². The maximum Gasteiger partial charge on any atom is 0.134 e. The molecule has 0 saturated carbocycles. The summed E-state index contributed by atoms with van der Waals surface area (Å²) in [5.74, 6) is 0.193. The van der Waals surface area contributed by atoms with E-state index in [1.54, 1.807) is 18.2 Å². The van der Waals surface area contributed by atoms with Crippen LogP contribution in [0.5, 0.6) is 5.75 Å². The molecule has 0 fully saturated rings. The lowest BCUT2D eigenvalue weighted by molar-refractivity contribution is 0.317. The highest BCUT2D eigenvalue weighted by Crippen LogP contribution is 2.37. The summed E-state index contributed by atoms with van der Waals surface area (Å²) >= 11 is 0. The average molecular weight is 366 g/mol. The third kappa shape index (κ3) is 4.36. The van der Waals surface area contributed by atoms with Gasteiger partial charge in [0.15, 0.2) is 0 Å². The van der Waals surface area contributed by atoms with E-state index >= 15 is 4.39 Å². The lowest BCUT2D eigenvalue weighted by atomic mass is 9.91. The smallest absolute Gasteiger partial charge is 0.134 e. The molecule has 0 bridgehead atoms. The highest BCUT2D eigenvalue weighted by atomic mass is 19.1. The molecule has 1 nitrogen and oxygen atoms in total. The first-order valence-corrected chi connectivity index (χ1v) is 9.44. The van der Waals surface area contributed by atoms with Gasteiger partial charge in [-0.3, -0.25) is 0 Å². The van der Waals surface area contributed by atoms with Crippen molar-refractivity contribution in [1.29, 1.82) is 0 Å². The van der Waals surface area contributed by atoms with Crippen LogP contribution in [0.4, 0.5) is 8.78 Å². The molecule has 0 saturated heterocycles. The topological polar surface area (TPSA) is 9.23 Å². The fourth-order valence-electron chi connectivity index (χ4n) is 3.20. The Kier molecular flexibility index (Phi) is 6.23. The molecule has 140 valence electrons. The molecule has 0 N–H and O–H groups in total. The number of hydrogen-bond acceptors (Lipinski definition) is 1. The van der Waals surface area contributed by atoms with Crippen LogP contribution in [0.2, 0.25) is 0 Å². The van der Waals surface area contributed by atoms with E-state index in [0.717, 1.165) is 24.2 Å². The van der Waals surface area contributed by atoms with Crippen molar-refractivity contribution in [1.82, 2.24) is 0 Å². The van der Waals surface area contributed by atoms with Crippen LogP contribution in [0.15, 0.2) is 60.7 Å². The van der Waals surface area contributed by atoms with Crippen LogP contribution in [-0.2, 0) is 6.42 Å². The van der Waals surface area contributed by atoms with Crippen LogP contribution in [0.3, 0.4) is 0 Å². The van der Waals surface area contributed by atoms with Crippen LogP contribution < -0.4 is 4.74 Å². The van der Waals surface area contributed by atoms with Crippen LogP contribution >= 0.6 is 0 Å². The highest BCUT2D eigenvalue weighted by molar-refractivity contribution is 5.84. The van der Waals surface area contributed by atoms with Crippen molar-refractivity contribution < 1.29 is 13.5 Å². The molecule has 3 aromatic rings. The summed E-state index contributed by atoms with van der Waals surface area (Å²) in [6, 6.07) is 17.4. The van der Waals surface area contributed by atoms with Crippen molar-refractivity contribution in [3.63, 3.8) is 0 Å². The summed E-state index contributed by atoms with van der Waals surface area (Å²) in [7, 11) is 0. The second kappa shape index (κ2) is 8.81. The SMILES string of the molecule is CCCOc1ccc(-c2c(-c3cccc(F)c3)ccc(CCC)c2F)cc1. The van der Waals surface area contributed by atoms with Gasteiger partial charge in [-0.05, 0) is 59.4 Å². The zero-order valence-electron chi connectivity index (χ0n) is 15.8. The molecule has 3 aromatic carbocycles. The molecule has 0 spiro atoms. The van der Waals surface area contributed by atoms with Crippen molar-refractivity contribution in [3.8, 4) is 28.0 Å². The Balaban J connectivity index is 2.11. The van der Waals surface area contributed by atoms with Gasteiger partial charge in [-0.25, -0.2) is 8.78 Å². The molecule has 0 amide bonds. The highest BCUT2D eigenvalue weighted by Gasteiger charge is 2.17. The summed E-state index contributed by atoms with van der Waals surface area (Å²) in [6.07, 6.45) is 2.46. The van der Waals surface area contributed by atoms with E-state index in [4.69, 9.17) is 4.74 Å². The van der Waals surface area contributed by atoms with Crippen LogP contribution in [0.1, 0.15) is 32.3 Å². The van der Waals surface area contributed by atoms with Crippen LogP contribution in [0, 0.1) is 11.6 Å².